The van der Waals surface area contributed by atoms with Crippen molar-refractivity contribution in [2.24, 2.45) is 0 Å². The third-order valence-corrected chi connectivity index (χ3v) is 3.97. The number of rotatable bonds is 4. The summed E-state index contributed by atoms with van der Waals surface area (Å²) >= 11 is 0. The zero-order valence-corrected chi connectivity index (χ0v) is 12.5. The van der Waals surface area contributed by atoms with Crippen molar-refractivity contribution < 1.29 is 9.21 Å². The molecule has 0 spiro atoms. The quantitative estimate of drug-likeness (QED) is 0.804. The number of aromatic nitrogens is 2. The summed E-state index contributed by atoms with van der Waals surface area (Å²) in [6.45, 7) is 0. The van der Waals surface area contributed by atoms with Gasteiger partial charge in [0.2, 0.25) is 5.91 Å². The number of carbonyl (C=O) groups is 1. The number of hydrogen-bond donors (Lipinski definition) is 1. The molecule has 1 N–H and O–H groups in total. The van der Waals surface area contributed by atoms with Crippen LogP contribution in [0.1, 0.15) is 17.0 Å². The Labute approximate surface area is 133 Å². The zero-order chi connectivity index (χ0) is 15.6. The fraction of sp³-hybridized carbons (Fsp3) is 0.167. The predicted molar refractivity (Wildman–Crippen MR) is 85.9 cm³/mol. The number of amides is 1. The first-order chi connectivity index (χ1) is 11.3. The van der Waals surface area contributed by atoms with Gasteiger partial charge in [0.25, 0.3) is 0 Å². The van der Waals surface area contributed by atoms with Crippen molar-refractivity contribution in [1.29, 1.82) is 0 Å². The number of hydrogen-bond acceptors (Lipinski definition) is 4. The van der Waals surface area contributed by atoms with E-state index < -0.39 is 0 Å². The molecule has 0 bridgehead atoms. The molecule has 3 heterocycles. The highest BCUT2D eigenvalue weighted by Gasteiger charge is 2.17. The number of carbonyl (C=O) groups excluding carboxylic acids is 1. The average Bonchev–Trinajstić information content (AvgIpc) is 3.20. The summed E-state index contributed by atoms with van der Waals surface area (Å²) in [5.41, 5.74) is 5.17. The maximum Gasteiger partial charge on any atom is 0.228 e. The van der Waals surface area contributed by atoms with E-state index in [9.17, 15) is 4.79 Å². The highest BCUT2D eigenvalue weighted by Crippen LogP contribution is 2.29. The van der Waals surface area contributed by atoms with Crippen molar-refractivity contribution in [2.75, 3.05) is 5.32 Å². The summed E-state index contributed by atoms with van der Waals surface area (Å²) in [4.78, 5) is 19.9. The number of pyridine rings is 1. The maximum atomic E-state index is 11.5. The molecule has 114 valence electrons. The summed E-state index contributed by atoms with van der Waals surface area (Å²) in [5.74, 6) is 0.783. The van der Waals surface area contributed by atoms with Gasteiger partial charge >= 0.3 is 0 Å². The van der Waals surface area contributed by atoms with Crippen molar-refractivity contribution in [3.63, 3.8) is 0 Å². The van der Waals surface area contributed by atoms with Crippen LogP contribution in [0, 0.1) is 0 Å². The highest BCUT2D eigenvalue weighted by molar-refractivity contribution is 5.99. The van der Waals surface area contributed by atoms with Crippen LogP contribution in [0.25, 0.3) is 11.1 Å². The number of anilines is 1. The zero-order valence-electron chi connectivity index (χ0n) is 12.5. The Morgan fingerprint density at radius 2 is 2.09 bits per heavy atom. The van der Waals surface area contributed by atoms with Gasteiger partial charge in [0, 0.05) is 30.1 Å². The van der Waals surface area contributed by atoms with Gasteiger partial charge in [0.1, 0.15) is 6.26 Å². The Morgan fingerprint density at radius 3 is 2.96 bits per heavy atom. The van der Waals surface area contributed by atoms with Gasteiger partial charge in [-0.05, 0) is 35.2 Å². The molecule has 23 heavy (non-hydrogen) atoms. The van der Waals surface area contributed by atoms with E-state index in [0.717, 1.165) is 46.7 Å². The van der Waals surface area contributed by atoms with Crippen LogP contribution in [-0.2, 0) is 24.1 Å². The van der Waals surface area contributed by atoms with Crippen LogP contribution in [0.3, 0.4) is 0 Å². The SMILES string of the molecule is O=C1Cc2ccc(-c3cncc(CCc4ncco4)c3)cc2N1. The maximum absolute atomic E-state index is 11.5. The molecule has 0 saturated heterocycles. The number of nitrogens with one attached hydrogen (secondary N) is 1. The Bertz CT molecular complexity index is 856. The second-order valence-electron chi connectivity index (χ2n) is 5.60. The minimum atomic E-state index is 0.0509. The Kier molecular flexibility index (Phi) is 3.38. The van der Waals surface area contributed by atoms with Crippen LogP contribution >= 0.6 is 0 Å². The van der Waals surface area contributed by atoms with Gasteiger partial charge in [-0.15, -0.1) is 0 Å². The van der Waals surface area contributed by atoms with Gasteiger partial charge in [0.15, 0.2) is 5.89 Å². The average molecular weight is 305 g/mol. The van der Waals surface area contributed by atoms with Gasteiger partial charge in [-0.1, -0.05) is 12.1 Å². The molecule has 2 aromatic heterocycles. The molecule has 0 fully saturated rings. The van der Waals surface area contributed by atoms with E-state index in [4.69, 9.17) is 4.42 Å². The van der Waals surface area contributed by atoms with E-state index in [1.165, 1.54) is 0 Å². The standard InChI is InChI=1S/C18H15N3O2/c22-17-9-14-3-2-13(8-16(14)21-17)15-7-12(10-19-11-15)1-4-18-20-5-6-23-18/h2-3,5-8,10-11H,1,4,9H2,(H,21,22). The molecule has 0 unspecified atom stereocenters. The lowest BCUT2D eigenvalue weighted by molar-refractivity contribution is -0.115. The van der Waals surface area contributed by atoms with Crippen molar-refractivity contribution >= 4 is 11.6 Å². The Morgan fingerprint density at radius 1 is 1.13 bits per heavy atom. The van der Waals surface area contributed by atoms with Gasteiger partial charge in [-0.2, -0.15) is 0 Å². The molecule has 1 amide bonds. The van der Waals surface area contributed by atoms with Gasteiger partial charge in [0.05, 0.1) is 12.6 Å². The Balaban J connectivity index is 1.56. The lowest BCUT2D eigenvalue weighted by Crippen LogP contribution is -2.03. The van der Waals surface area contributed by atoms with Crippen molar-refractivity contribution in [2.45, 2.75) is 19.3 Å². The molecule has 0 atom stereocenters. The summed E-state index contributed by atoms with van der Waals surface area (Å²) in [7, 11) is 0. The molecule has 0 saturated carbocycles. The van der Waals surface area contributed by atoms with E-state index >= 15 is 0 Å². The molecule has 0 aliphatic carbocycles. The number of oxazole rings is 1. The minimum absolute atomic E-state index is 0.0509. The van der Waals surface area contributed by atoms with Crippen molar-refractivity contribution in [3.05, 3.63) is 66.1 Å². The molecule has 3 aromatic rings. The van der Waals surface area contributed by atoms with E-state index in [1.54, 1.807) is 12.5 Å². The van der Waals surface area contributed by atoms with Crippen molar-refractivity contribution in [3.8, 4) is 11.1 Å². The Hall–Kier alpha value is -2.95. The number of aryl methyl sites for hydroxylation is 2. The van der Waals surface area contributed by atoms with Crippen LogP contribution in [0.4, 0.5) is 5.69 Å². The third-order valence-electron chi connectivity index (χ3n) is 3.97. The lowest BCUT2D eigenvalue weighted by Gasteiger charge is -2.06. The molecule has 1 aliphatic heterocycles. The molecular weight excluding hydrogens is 290 g/mol. The molecule has 1 aromatic carbocycles. The van der Waals surface area contributed by atoms with Gasteiger partial charge < -0.3 is 9.73 Å². The molecule has 5 nitrogen and oxygen atoms in total. The molecule has 5 heteroatoms. The van der Waals surface area contributed by atoms with Crippen LogP contribution in [0.15, 0.2) is 53.5 Å². The smallest absolute Gasteiger partial charge is 0.228 e. The van der Waals surface area contributed by atoms with Crippen molar-refractivity contribution in [1.82, 2.24) is 9.97 Å². The molecule has 0 radical (unpaired) electrons. The summed E-state index contributed by atoms with van der Waals surface area (Å²) < 4.78 is 5.26. The summed E-state index contributed by atoms with van der Waals surface area (Å²) in [6, 6.07) is 8.17. The number of fused-ring (bicyclic) bond motifs is 1. The lowest BCUT2D eigenvalue weighted by atomic mass is 10.0. The predicted octanol–water partition coefficient (Wildman–Crippen LogP) is 3.02. The minimum Gasteiger partial charge on any atom is -0.449 e. The second-order valence-corrected chi connectivity index (χ2v) is 5.60. The summed E-state index contributed by atoms with van der Waals surface area (Å²) in [6.07, 6.45) is 8.98. The van der Waals surface area contributed by atoms with Gasteiger partial charge in [-0.25, -0.2) is 4.98 Å². The summed E-state index contributed by atoms with van der Waals surface area (Å²) in [5, 5.41) is 2.89. The monoisotopic (exact) mass is 305 g/mol. The molecule has 4 rings (SSSR count). The van der Waals surface area contributed by atoms with Crippen LogP contribution < -0.4 is 5.32 Å². The van der Waals surface area contributed by atoms with Crippen LogP contribution in [0.5, 0.6) is 0 Å². The fourth-order valence-corrected chi connectivity index (χ4v) is 2.80. The van der Waals surface area contributed by atoms with Crippen LogP contribution in [-0.4, -0.2) is 15.9 Å². The van der Waals surface area contributed by atoms with Gasteiger partial charge in [-0.3, -0.25) is 9.78 Å². The third kappa shape index (κ3) is 2.85. The van der Waals surface area contributed by atoms with E-state index in [1.807, 2.05) is 30.6 Å². The highest BCUT2D eigenvalue weighted by atomic mass is 16.3. The fourth-order valence-electron chi connectivity index (χ4n) is 2.80. The first-order valence-corrected chi connectivity index (χ1v) is 7.53. The topological polar surface area (TPSA) is 68.0 Å². The first-order valence-electron chi connectivity index (χ1n) is 7.53. The second kappa shape index (κ2) is 5.68. The van der Waals surface area contributed by atoms with E-state index in [-0.39, 0.29) is 5.91 Å². The molecule has 1 aliphatic rings. The van der Waals surface area contributed by atoms with Crippen LogP contribution in [0.2, 0.25) is 0 Å². The van der Waals surface area contributed by atoms with E-state index in [0.29, 0.717) is 6.42 Å². The largest absolute Gasteiger partial charge is 0.449 e. The molecular formula is C18H15N3O2. The first kappa shape index (κ1) is 13.7. The normalized spacial score (nSPS) is 13.0. The number of benzene rings is 1. The number of nitrogens with zero attached hydrogens (tertiary/aromatic N) is 2. The van der Waals surface area contributed by atoms with E-state index in [2.05, 4.69) is 21.4 Å².